The van der Waals surface area contributed by atoms with Crippen LogP contribution >= 0.6 is 11.8 Å². The van der Waals surface area contributed by atoms with E-state index < -0.39 is 6.10 Å². The molecule has 20 heavy (non-hydrogen) atoms. The Hall–Kier alpha value is -0.910. The molecule has 1 aliphatic heterocycles. The highest BCUT2D eigenvalue weighted by Gasteiger charge is 2.18. The van der Waals surface area contributed by atoms with Crippen LogP contribution in [0.3, 0.4) is 0 Å². The lowest BCUT2D eigenvalue weighted by Crippen LogP contribution is -2.22. The predicted molar refractivity (Wildman–Crippen MR) is 82.9 cm³/mol. The molecule has 0 bridgehead atoms. The number of thioether (sulfide) groups is 1. The van der Waals surface area contributed by atoms with E-state index in [1.54, 1.807) is 7.11 Å². The third kappa shape index (κ3) is 4.04. The van der Waals surface area contributed by atoms with Gasteiger partial charge in [-0.3, -0.25) is 0 Å². The number of likely N-dealkylation sites (N-methyl/N-ethyl adjacent to an activating group) is 1. The molecule has 1 saturated heterocycles. The molecule has 0 spiro atoms. The van der Waals surface area contributed by atoms with Gasteiger partial charge in [-0.25, -0.2) is 0 Å². The minimum Gasteiger partial charge on any atom is -0.493 e. The summed E-state index contributed by atoms with van der Waals surface area (Å²) in [4.78, 5) is 0. The van der Waals surface area contributed by atoms with Crippen molar-refractivity contribution in [2.45, 2.75) is 25.0 Å². The van der Waals surface area contributed by atoms with Gasteiger partial charge in [-0.15, -0.1) is 0 Å². The lowest BCUT2D eigenvalue weighted by Gasteiger charge is -2.24. The number of hydrogen-bond donors (Lipinski definition) is 2. The van der Waals surface area contributed by atoms with Crippen molar-refractivity contribution in [3.8, 4) is 11.5 Å². The fraction of sp³-hybridized carbons (Fsp3) is 0.600. The Morgan fingerprint density at radius 2 is 2.10 bits per heavy atom. The van der Waals surface area contributed by atoms with Gasteiger partial charge in [-0.05, 0) is 49.1 Å². The first-order valence-electron chi connectivity index (χ1n) is 6.99. The number of aliphatic hydroxyl groups excluding tert-OH is 1. The van der Waals surface area contributed by atoms with Crippen LogP contribution in [-0.2, 0) is 0 Å². The Kier molecular flexibility index (Phi) is 6.01. The average molecular weight is 297 g/mol. The fourth-order valence-electron chi connectivity index (χ4n) is 2.27. The molecule has 0 aliphatic carbocycles. The van der Waals surface area contributed by atoms with Crippen molar-refractivity contribution in [2.24, 2.45) is 0 Å². The molecular weight excluding hydrogens is 274 g/mol. The van der Waals surface area contributed by atoms with Crippen LogP contribution in [0.5, 0.6) is 11.5 Å². The third-order valence-corrected chi connectivity index (χ3v) is 4.48. The maximum Gasteiger partial charge on any atom is 0.161 e. The summed E-state index contributed by atoms with van der Waals surface area (Å²) in [5.74, 6) is 3.78. The molecule has 1 fully saturated rings. The second-order valence-electron chi connectivity index (χ2n) is 4.91. The topological polar surface area (TPSA) is 50.7 Å². The molecule has 1 heterocycles. The van der Waals surface area contributed by atoms with E-state index in [2.05, 4.69) is 5.32 Å². The van der Waals surface area contributed by atoms with Crippen molar-refractivity contribution in [3.63, 3.8) is 0 Å². The maximum absolute atomic E-state index is 9.99. The maximum atomic E-state index is 9.99. The Morgan fingerprint density at radius 1 is 1.35 bits per heavy atom. The highest BCUT2D eigenvalue weighted by atomic mass is 32.2. The summed E-state index contributed by atoms with van der Waals surface area (Å²) in [5.41, 5.74) is 0.836. The number of nitrogens with one attached hydrogen (secondary N) is 1. The summed E-state index contributed by atoms with van der Waals surface area (Å²) in [6.07, 6.45) is 1.91. The van der Waals surface area contributed by atoms with E-state index in [0.717, 1.165) is 35.7 Å². The lowest BCUT2D eigenvalue weighted by atomic mass is 10.1. The molecule has 1 aromatic carbocycles. The highest BCUT2D eigenvalue weighted by Crippen LogP contribution is 2.33. The SMILES string of the molecule is CNCC(O)c1ccc(OC2CCSCC2)c(OC)c1. The predicted octanol–water partition coefficient (Wildman–Crippen LogP) is 2.22. The highest BCUT2D eigenvalue weighted by molar-refractivity contribution is 7.99. The third-order valence-electron chi connectivity index (χ3n) is 3.43. The van der Waals surface area contributed by atoms with Crippen molar-refractivity contribution < 1.29 is 14.6 Å². The second-order valence-corrected chi connectivity index (χ2v) is 6.14. The molecule has 1 aliphatic rings. The second kappa shape index (κ2) is 7.76. The summed E-state index contributed by atoms with van der Waals surface area (Å²) in [6, 6.07) is 5.65. The number of benzene rings is 1. The minimum absolute atomic E-state index is 0.276. The molecule has 5 heteroatoms. The van der Waals surface area contributed by atoms with Crippen LogP contribution in [0.15, 0.2) is 18.2 Å². The molecule has 0 aromatic heterocycles. The number of aliphatic hydroxyl groups is 1. The molecule has 2 N–H and O–H groups in total. The van der Waals surface area contributed by atoms with Crippen LogP contribution in [0, 0.1) is 0 Å². The van der Waals surface area contributed by atoms with E-state index in [1.165, 1.54) is 0 Å². The van der Waals surface area contributed by atoms with Gasteiger partial charge in [-0.2, -0.15) is 11.8 Å². The molecular formula is C15H23NO3S. The van der Waals surface area contributed by atoms with Gasteiger partial charge in [0.15, 0.2) is 11.5 Å². The van der Waals surface area contributed by atoms with E-state index in [0.29, 0.717) is 12.3 Å². The van der Waals surface area contributed by atoms with E-state index >= 15 is 0 Å². The van der Waals surface area contributed by atoms with Crippen molar-refractivity contribution in [1.82, 2.24) is 5.32 Å². The van der Waals surface area contributed by atoms with Gasteiger partial charge >= 0.3 is 0 Å². The normalized spacial score (nSPS) is 17.8. The van der Waals surface area contributed by atoms with Crippen molar-refractivity contribution in [3.05, 3.63) is 23.8 Å². The quantitative estimate of drug-likeness (QED) is 0.843. The molecule has 0 radical (unpaired) electrons. The molecule has 0 saturated carbocycles. The number of methoxy groups -OCH3 is 1. The average Bonchev–Trinajstić information content (AvgIpc) is 2.49. The van der Waals surface area contributed by atoms with Gasteiger partial charge in [0.05, 0.1) is 13.2 Å². The van der Waals surface area contributed by atoms with Crippen LogP contribution in [-0.4, -0.2) is 43.4 Å². The zero-order valence-electron chi connectivity index (χ0n) is 12.1. The van der Waals surface area contributed by atoms with E-state index in [-0.39, 0.29) is 6.10 Å². The van der Waals surface area contributed by atoms with Crippen LogP contribution in [0.2, 0.25) is 0 Å². The van der Waals surface area contributed by atoms with Crippen LogP contribution in [0.1, 0.15) is 24.5 Å². The summed E-state index contributed by atoms with van der Waals surface area (Å²) in [6.45, 7) is 0.517. The molecule has 1 aromatic rings. The lowest BCUT2D eigenvalue weighted by molar-refractivity contribution is 0.174. The zero-order valence-corrected chi connectivity index (χ0v) is 12.9. The van der Waals surface area contributed by atoms with Gasteiger partial charge in [0, 0.05) is 6.54 Å². The van der Waals surface area contributed by atoms with Gasteiger partial charge in [0.25, 0.3) is 0 Å². The van der Waals surface area contributed by atoms with E-state index in [1.807, 2.05) is 37.0 Å². The van der Waals surface area contributed by atoms with Gasteiger partial charge in [0.1, 0.15) is 6.10 Å². The molecule has 0 amide bonds. The van der Waals surface area contributed by atoms with Crippen molar-refractivity contribution in [2.75, 3.05) is 32.2 Å². The number of hydrogen-bond acceptors (Lipinski definition) is 5. The number of ether oxygens (including phenoxy) is 2. The van der Waals surface area contributed by atoms with Crippen molar-refractivity contribution in [1.29, 1.82) is 0 Å². The Morgan fingerprint density at radius 3 is 2.75 bits per heavy atom. The Labute approximate surface area is 124 Å². The molecule has 4 nitrogen and oxygen atoms in total. The monoisotopic (exact) mass is 297 g/mol. The first-order chi connectivity index (χ1) is 9.74. The van der Waals surface area contributed by atoms with Gasteiger partial charge in [0.2, 0.25) is 0 Å². The largest absolute Gasteiger partial charge is 0.493 e. The van der Waals surface area contributed by atoms with Crippen LogP contribution in [0.4, 0.5) is 0 Å². The Balaban J connectivity index is 2.08. The zero-order chi connectivity index (χ0) is 14.4. The summed E-state index contributed by atoms with van der Waals surface area (Å²) in [7, 11) is 3.45. The van der Waals surface area contributed by atoms with Crippen LogP contribution < -0.4 is 14.8 Å². The molecule has 112 valence electrons. The molecule has 1 atom stereocenters. The minimum atomic E-state index is -0.533. The first kappa shape index (κ1) is 15.5. The van der Waals surface area contributed by atoms with Crippen LogP contribution in [0.25, 0.3) is 0 Å². The Bertz CT molecular complexity index is 422. The summed E-state index contributed by atoms with van der Waals surface area (Å²) in [5, 5.41) is 13.0. The van der Waals surface area contributed by atoms with E-state index in [4.69, 9.17) is 9.47 Å². The summed E-state index contributed by atoms with van der Waals surface area (Å²) >= 11 is 1.98. The standard InChI is InChI=1S/C15H23NO3S/c1-16-10-13(17)11-3-4-14(15(9-11)18-2)19-12-5-7-20-8-6-12/h3-4,9,12-13,16-17H,5-8,10H2,1-2H3. The smallest absolute Gasteiger partial charge is 0.161 e. The van der Waals surface area contributed by atoms with Gasteiger partial charge in [-0.1, -0.05) is 6.07 Å². The first-order valence-corrected chi connectivity index (χ1v) is 8.15. The number of rotatable bonds is 6. The van der Waals surface area contributed by atoms with Crippen molar-refractivity contribution >= 4 is 11.8 Å². The van der Waals surface area contributed by atoms with Gasteiger partial charge < -0.3 is 19.9 Å². The van der Waals surface area contributed by atoms with E-state index in [9.17, 15) is 5.11 Å². The fourth-order valence-corrected chi connectivity index (χ4v) is 3.34. The summed E-state index contributed by atoms with van der Waals surface area (Å²) < 4.78 is 11.4. The molecule has 1 unspecified atom stereocenters. The molecule has 2 rings (SSSR count).